The van der Waals surface area contributed by atoms with Crippen molar-refractivity contribution >= 4 is 28.6 Å². The molecule has 3 heterocycles. The first-order valence-electron chi connectivity index (χ1n) is 12.7. The highest BCUT2D eigenvalue weighted by Gasteiger charge is 2.30. The number of nitrogens with zero attached hydrogens (tertiary/aromatic N) is 3. The number of ether oxygens (including phenoxy) is 1. The van der Waals surface area contributed by atoms with E-state index in [2.05, 4.69) is 39.8 Å². The van der Waals surface area contributed by atoms with E-state index < -0.39 is 12.1 Å². The van der Waals surface area contributed by atoms with Gasteiger partial charge in [-0.05, 0) is 86.0 Å². The number of carboxylic acid groups (broad SMARTS) is 1. The second kappa shape index (κ2) is 12.6. The van der Waals surface area contributed by atoms with Crippen molar-refractivity contribution in [3.63, 3.8) is 0 Å². The van der Waals surface area contributed by atoms with E-state index in [1.165, 1.54) is 5.03 Å². The minimum absolute atomic E-state index is 0.168. The number of rotatable bonds is 12. The molecule has 1 aromatic carbocycles. The number of carbonyl (C=O) groups is 1. The van der Waals surface area contributed by atoms with Crippen LogP contribution < -0.4 is 4.74 Å². The van der Waals surface area contributed by atoms with Crippen molar-refractivity contribution < 1.29 is 19.0 Å². The summed E-state index contributed by atoms with van der Waals surface area (Å²) in [5.74, 6) is 1.54. The van der Waals surface area contributed by atoms with Crippen molar-refractivity contribution in [1.82, 2.24) is 14.5 Å². The highest BCUT2D eigenvalue weighted by molar-refractivity contribution is 7.99. The summed E-state index contributed by atoms with van der Waals surface area (Å²) in [4.78, 5) is 18.1. The van der Waals surface area contributed by atoms with Gasteiger partial charge >= 0.3 is 5.97 Å². The van der Waals surface area contributed by atoms with Gasteiger partial charge in [0.25, 0.3) is 0 Å². The van der Waals surface area contributed by atoms with Crippen LogP contribution in [-0.4, -0.2) is 58.0 Å². The fourth-order valence-corrected chi connectivity index (χ4v) is 6.31. The van der Waals surface area contributed by atoms with Crippen molar-refractivity contribution in [2.24, 2.45) is 18.9 Å². The molecule has 1 N–H and O–H groups in total. The van der Waals surface area contributed by atoms with Gasteiger partial charge in [0.05, 0.1) is 17.7 Å². The number of aliphatic carboxylic acids is 1. The van der Waals surface area contributed by atoms with E-state index in [-0.39, 0.29) is 12.3 Å². The van der Waals surface area contributed by atoms with Gasteiger partial charge in [-0.2, -0.15) is 0 Å². The Morgan fingerprint density at radius 3 is 2.89 bits per heavy atom. The molecule has 4 rings (SSSR count). The molecule has 1 aliphatic rings. The van der Waals surface area contributed by atoms with E-state index in [0.29, 0.717) is 30.1 Å². The van der Waals surface area contributed by atoms with Crippen LogP contribution in [0.1, 0.15) is 43.8 Å². The Balaban J connectivity index is 1.36. The summed E-state index contributed by atoms with van der Waals surface area (Å²) >= 11 is 1.85. The molecule has 0 spiro atoms. The third-order valence-electron chi connectivity index (χ3n) is 7.37. The van der Waals surface area contributed by atoms with Crippen molar-refractivity contribution in [1.29, 1.82) is 0 Å². The molecule has 36 heavy (non-hydrogen) atoms. The minimum atomic E-state index is -1.09. The van der Waals surface area contributed by atoms with Crippen LogP contribution in [0.4, 0.5) is 4.39 Å². The lowest BCUT2D eigenvalue weighted by Gasteiger charge is -2.39. The molecule has 0 radical (unpaired) electrons. The molecule has 6 nitrogen and oxygen atoms in total. The Hall–Kier alpha value is -2.58. The number of carboxylic acids is 1. The van der Waals surface area contributed by atoms with Crippen LogP contribution in [0.25, 0.3) is 10.9 Å². The highest BCUT2D eigenvalue weighted by atomic mass is 32.2. The summed E-state index contributed by atoms with van der Waals surface area (Å²) in [6.07, 6.45) is 5.60. The summed E-state index contributed by atoms with van der Waals surface area (Å²) in [6.45, 7) is 2.84. The standard InChI is InChI=1S/C28H36FN3O3S/c1-31-14-3-4-27(31)36-17-16-32-15-12-20(21(19-32)6-10-28(33)34)5-8-25(29)23-11-13-30-26-9-7-22(35-2)18-24(23)26/h3-4,7,9,11,13-14,18,20-21,25H,5-6,8,10,12,15-17,19H2,1-2H3,(H,33,34)/t20-,21+,25?/m1/s1. The number of aromatic nitrogens is 2. The quantitative estimate of drug-likeness (QED) is 0.301. The van der Waals surface area contributed by atoms with Gasteiger partial charge < -0.3 is 19.3 Å². The molecule has 1 fully saturated rings. The zero-order valence-electron chi connectivity index (χ0n) is 21.1. The van der Waals surface area contributed by atoms with Crippen molar-refractivity contribution in [2.75, 3.05) is 32.5 Å². The maximum Gasteiger partial charge on any atom is 0.303 e. The summed E-state index contributed by atoms with van der Waals surface area (Å²) in [5, 5.41) is 11.3. The number of benzene rings is 1. The fourth-order valence-electron chi connectivity index (χ4n) is 5.31. The molecular formula is C28H36FN3O3S. The van der Waals surface area contributed by atoms with Crippen LogP contribution in [0.2, 0.25) is 0 Å². The Morgan fingerprint density at radius 2 is 2.14 bits per heavy atom. The van der Waals surface area contributed by atoms with Crippen molar-refractivity contribution in [3.05, 3.63) is 54.4 Å². The van der Waals surface area contributed by atoms with E-state index in [4.69, 9.17) is 4.74 Å². The lowest BCUT2D eigenvalue weighted by molar-refractivity contribution is -0.137. The van der Waals surface area contributed by atoms with Crippen LogP contribution in [0.3, 0.4) is 0 Å². The third-order valence-corrected chi connectivity index (χ3v) is 8.48. The number of alkyl halides is 1. The first kappa shape index (κ1) is 26.5. The van der Waals surface area contributed by atoms with Crippen LogP contribution >= 0.6 is 11.8 Å². The molecule has 2 aromatic heterocycles. The highest BCUT2D eigenvalue weighted by Crippen LogP contribution is 2.36. The van der Waals surface area contributed by atoms with Crippen molar-refractivity contribution in [2.45, 2.75) is 43.3 Å². The van der Waals surface area contributed by atoms with Gasteiger partial charge in [0.15, 0.2) is 0 Å². The molecule has 1 aliphatic heterocycles. The van der Waals surface area contributed by atoms with Gasteiger partial charge in [-0.3, -0.25) is 9.78 Å². The number of piperidine rings is 1. The number of methoxy groups -OCH3 is 1. The Bertz CT molecular complexity index is 1150. The smallest absolute Gasteiger partial charge is 0.303 e. The normalized spacial score (nSPS) is 19.4. The van der Waals surface area contributed by atoms with Gasteiger partial charge in [0.1, 0.15) is 11.9 Å². The van der Waals surface area contributed by atoms with Gasteiger partial charge in [-0.15, -0.1) is 11.8 Å². The number of hydrogen-bond acceptors (Lipinski definition) is 5. The molecule has 8 heteroatoms. The van der Waals surface area contributed by atoms with E-state index in [1.807, 2.05) is 30.0 Å². The van der Waals surface area contributed by atoms with Crippen LogP contribution in [-0.2, 0) is 11.8 Å². The maximum absolute atomic E-state index is 15.5. The first-order valence-corrected chi connectivity index (χ1v) is 13.7. The Kier molecular flexibility index (Phi) is 9.26. The average molecular weight is 514 g/mol. The molecule has 1 unspecified atom stereocenters. The number of pyridine rings is 1. The van der Waals surface area contributed by atoms with Crippen LogP contribution in [0.15, 0.2) is 53.8 Å². The van der Waals surface area contributed by atoms with E-state index >= 15 is 4.39 Å². The SMILES string of the molecule is COc1ccc2nccc(C(F)CC[C@@H]3CCN(CCSc4cccn4C)C[C@@H]3CCC(=O)O)c2c1. The van der Waals surface area contributed by atoms with E-state index in [9.17, 15) is 9.90 Å². The molecular weight excluding hydrogens is 477 g/mol. The number of thioether (sulfide) groups is 1. The average Bonchev–Trinajstić information content (AvgIpc) is 3.30. The molecule has 0 bridgehead atoms. The lowest BCUT2D eigenvalue weighted by atomic mass is 9.79. The molecule has 0 amide bonds. The molecule has 1 saturated heterocycles. The number of aryl methyl sites for hydroxylation is 1. The molecule has 3 aromatic rings. The third kappa shape index (κ3) is 6.79. The number of halogens is 1. The van der Waals surface area contributed by atoms with Crippen LogP contribution in [0, 0.1) is 11.8 Å². The first-order chi connectivity index (χ1) is 17.4. The summed E-state index contributed by atoms with van der Waals surface area (Å²) < 4.78 is 23.0. The summed E-state index contributed by atoms with van der Waals surface area (Å²) in [7, 11) is 3.66. The second-order valence-electron chi connectivity index (χ2n) is 9.68. The van der Waals surface area contributed by atoms with Crippen molar-refractivity contribution in [3.8, 4) is 5.75 Å². The topological polar surface area (TPSA) is 67.6 Å². The van der Waals surface area contributed by atoms with Gasteiger partial charge in [-0.25, -0.2) is 4.39 Å². The summed E-state index contributed by atoms with van der Waals surface area (Å²) in [6, 6.07) is 11.5. The molecule has 0 saturated carbocycles. The van der Waals surface area contributed by atoms with Crippen LogP contribution in [0.5, 0.6) is 5.75 Å². The number of likely N-dealkylation sites (tertiary alicyclic amines) is 1. The van der Waals surface area contributed by atoms with Gasteiger partial charge in [0, 0.05) is 50.1 Å². The second-order valence-corrected chi connectivity index (χ2v) is 10.8. The zero-order valence-corrected chi connectivity index (χ0v) is 21.9. The predicted molar refractivity (Wildman–Crippen MR) is 142 cm³/mol. The van der Waals surface area contributed by atoms with E-state index in [0.717, 1.165) is 49.1 Å². The monoisotopic (exact) mass is 513 g/mol. The van der Waals surface area contributed by atoms with Gasteiger partial charge in [-0.1, -0.05) is 0 Å². The number of fused-ring (bicyclic) bond motifs is 1. The maximum atomic E-state index is 15.5. The molecule has 0 aliphatic carbocycles. The largest absolute Gasteiger partial charge is 0.497 e. The summed E-state index contributed by atoms with van der Waals surface area (Å²) in [5.41, 5.74) is 1.41. The number of hydrogen-bond donors (Lipinski definition) is 1. The molecule has 194 valence electrons. The molecule has 3 atom stereocenters. The minimum Gasteiger partial charge on any atom is -0.497 e. The van der Waals surface area contributed by atoms with E-state index in [1.54, 1.807) is 19.4 Å². The Morgan fingerprint density at radius 1 is 1.28 bits per heavy atom. The zero-order chi connectivity index (χ0) is 25.5. The fraction of sp³-hybridized carbons (Fsp3) is 0.500. The predicted octanol–water partition coefficient (Wildman–Crippen LogP) is 5.97. The van der Waals surface area contributed by atoms with Gasteiger partial charge in [0.2, 0.25) is 0 Å². The lowest BCUT2D eigenvalue weighted by Crippen LogP contribution is -2.41. The Labute approximate surface area is 216 Å².